The highest BCUT2D eigenvalue weighted by atomic mass is 16.5. The molecule has 0 unspecified atom stereocenters. The van der Waals surface area contributed by atoms with Gasteiger partial charge in [0.2, 0.25) is 0 Å². The Hall–Kier alpha value is -1.26. The Balaban J connectivity index is 3.06. The SMILES string of the molecule is COc1ccc(N(C)CNN)c(C)c1C. The molecule has 0 aliphatic rings. The number of hydrogen-bond donors (Lipinski definition) is 2. The van der Waals surface area contributed by atoms with Crippen LogP contribution in [0.15, 0.2) is 12.1 Å². The monoisotopic (exact) mass is 209 g/mol. The maximum absolute atomic E-state index is 5.29. The minimum atomic E-state index is 0.618. The van der Waals surface area contributed by atoms with Gasteiger partial charge in [0.05, 0.1) is 13.8 Å². The zero-order valence-electron chi connectivity index (χ0n) is 9.79. The van der Waals surface area contributed by atoms with E-state index in [1.165, 1.54) is 11.1 Å². The van der Waals surface area contributed by atoms with Gasteiger partial charge >= 0.3 is 0 Å². The molecule has 4 heteroatoms. The molecular weight excluding hydrogens is 190 g/mol. The Kier molecular flexibility index (Phi) is 3.94. The van der Waals surface area contributed by atoms with Crippen LogP contribution in [0.1, 0.15) is 11.1 Å². The molecule has 4 nitrogen and oxygen atoms in total. The molecule has 0 atom stereocenters. The van der Waals surface area contributed by atoms with Crippen molar-refractivity contribution in [1.29, 1.82) is 0 Å². The van der Waals surface area contributed by atoms with Gasteiger partial charge < -0.3 is 9.64 Å². The normalized spacial score (nSPS) is 10.2. The van der Waals surface area contributed by atoms with Crippen LogP contribution in [-0.2, 0) is 0 Å². The molecule has 0 bridgehead atoms. The Morgan fingerprint density at radius 3 is 2.53 bits per heavy atom. The summed E-state index contributed by atoms with van der Waals surface area (Å²) >= 11 is 0. The summed E-state index contributed by atoms with van der Waals surface area (Å²) in [6.07, 6.45) is 0. The summed E-state index contributed by atoms with van der Waals surface area (Å²) in [7, 11) is 3.68. The molecule has 0 saturated carbocycles. The van der Waals surface area contributed by atoms with Crippen molar-refractivity contribution in [1.82, 2.24) is 5.43 Å². The fraction of sp³-hybridized carbons (Fsp3) is 0.455. The fourth-order valence-corrected chi connectivity index (χ4v) is 1.64. The van der Waals surface area contributed by atoms with Gasteiger partial charge in [-0.2, -0.15) is 0 Å². The number of nitrogens with two attached hydrogens (primary N) is 1. The zero-order valence-corrected chi connectivity index (χ0v) is 9.79. The first-order valence-electron chi connectivity index (χ1n) is 4.90. The Bertz CT molecular complexity index is 339. The van der Waals surface area contributed by atoms with Gasteiger partial charge in [0.1, 0.15) is 5.75 Å². The first-order valence-corrected chi connectivity index (χ1v) is 4.90. The van der Waals surface area contributed by atoms with E-state index < -0.39 is 0 Å². The van der Waals surface area contributed by atoms with Gasteiger partial charge in [-0.05, 0) is 37.1 Å². The number of anilines is 1. The second kappa shape index (κ2) is 5.00. The van der Waals surface area contributed by atoms with E-state index in [1.807, 2.05) is 19.2 Å². The molecule has 0 radical (unpaired) electrons. The van der Waals surface area contributed by atoms with E-state index in [1.54, 1.807) is 7.11 Å². The number of hydrogen-bond acceptors (Lipinski definition) is 4. The van der Waals surface area contributed by atoms with Crippen molar-refractivity contribution in [2.24, 2.45) is 5.84 Å². The topological polar surface area (TPSA) is 50.5 Å². The molecule has 1 aromatic carbocycles. The lowest BCUT2D eigenvalue weighted by Crippen LogP contribution is -2.35. The van der Waals surface area contributed by atoms with Gasteiger partial charge in [-0.15, -0.1) is 0 Å². The van der Waals surface area contributed by atoms with Crippen LogP contribution in [0.25, 0.3) is 0 Å². The predicted molar refractivity (Wildman–Crippen MR) is 63.1 cm³/mol. The van der Waals surface area contributed by atoms with Crippen molar-refractivity contribution in [3.05, 3.63) is 23.3 Å². The van der Waals surface area contributed by atoms with E-state index in [0.29, 0.717) is 6.67 Å². The molecule has 0 fully saturated rings. The molecule has 0 spiro atoms. The number of benzene rings is 1. The minimum Gasteiger partial charge on any atom is -0.496 e. The summed E-state index contributed by atoms with van der Waals surface area (Å²) in [5.74, 6) is 6.22. The second-order valence-electron chi connectivity index (χ2n) is 3.60. The van der Waals surface area contributed by atoms with E-state index in [4.69, 9.17) is 10.6 Å². The average molecular weight is 209 g/mol. The first-order chi connectivity index (χ1) is 7.11. The Labute approximate surface area is 91.0 Å². The Morgan fingerprint density at radius 1 is 1.33 bits per heavy atom. The highest BCUT2D eigenvalue weighted by molar-refractivity contribution is 5.59. The molecular formula is C11H19N3O. The lowest BCUT2D eigenvalue weighted by atomic mass is 10.1. The lowest BCUT2D eigenvalue weighted by Gasteiger charge is -2.22. The maximum atomic E-state index is 5.29. The third-order valence-corrected chi connectivity index (χ3v) is 2.67. The van der Waals surface area contributed by atoms with Crippen LogP contribution in [0, 0.1) is 13.8 Å². The van der Waals surface area contributed by atoms with Gasteiger partial charge in [0.25, 0.3) is 0 Å². The third-order valence-electron chi connectivity index (χ3n) is 2.67. The summed E-state index contributed by atoms with van der Waals surface area (Å²) in [6.45, 7) is 4.76. The second-order valence-corrected chi connectivity index (χ2v) is 3.60. The molecule has 0 heterocycles. The van der Waals surface area contributed by atoms with Gasteiger partial charge in [0, 0.05) is 12.7 Å². The van der Waals surface area contributed by atoms with E-state index in [0.717, 1.165) is 11.4 Å². The van der Waals surface area contributed by atoms with Crippen molar-refractivity contribution in [2.75, 3.05) is 25.7 Å². The molecule has 0 aliphatic heterocycles. The third kappa shape index (κ3) is 2.40. The van der Waals surface area contributed by atoms with Gasteiger partial charge in [0.15, 0.2) is 0 Å². The van der Waals surface area contributed by atoms with Crippen LogP contribution in [-0.4, -0.2) is 20.8 Å². The van der Waals surface area contributed by atoms with Gasteiger partial charge in [-0.3, -0.25) is 5.84 Å². The number of ether oxygens (including phenoxy) is 1. The van der Waals surface area contributed by atoms with Crippen LogP contribution < -0.4 is 20.9 Å². The number of nitrogens with one attached hydrogen (secondary N) is 1. The molecule has 0 saturated heterocycles. The van der Waals surface area contributed by atoms with Crippen molar-refractivity contribution in [3.63, 3.8) is 0 Å². The smallest absolute Gasteiger partial charge is 0.122 e. The van der Waals surface area contributed by atoms with Crippen LogP contribution in [0.4, 0.5) is 5.69 Å². The lowest BCUT2D eigenvalue weighted by molar-refractivity contribution is 0.411. The Morgan fingerprint density at radius 2 is 2.00 bits per heavy atom. The summed E-state index contributed by atoms with van der Waals surface area (Å²) in [5.41, 5.74) is 6.18. The highest BCUT2D eigenvalue weighted by Gasteiger charge is 2.09. The summed E-state index contributed by atoms with van der Waals surface area (Å²) in [6, 6.07) is 4.02. The molecule has 0 amide bonds. The molecule has 1 rings (SSSR count). The molecule has 1 aromatic rings. The van der Waals surface area contributed by atoms with Crippen molar-refractivity contribution >= 4 is 5.69 Å². The standard InChI is InChI=1S/C11H19N3O/c1-8-9(2)11(15-4)6-5-10(8)14(3)7-13-12/h5-6,13H,7,12H2,1-4H3. The van der Waals surface area contributed by atoms with Crippen molar-refractivity contribution in [3.8, 4) is 5.75 Å². The van der Waals surface area contributed by atoms with Crippen molar-refractivity contribution < 1.29 is 4.74 Å². The first kappa shape index (κ1) is 11.8. The highest BCUT2D eigenvalue weighted by Crippen LogP contribution is 2.28. The summed E-state index contributed by atoms with van der Waals surface area (Å²) in [5, 5.41) is 0. The van der Waals surface area contributed by atoms with Crippen LogP contribution >= 0.6 is 0 Å². The zero-order chi connectivity index (χ0) is 11.4. The number of hydrazine groups is 1. The van der Waals surface area contributed by atoms with Crippen molar-refractivity contribution in [2.45, 2.75) is 13.8 Å². The number of rotatable bonds is 4. The van der Waals surface area contributed by atoms with E-state index in [-0.39, 0.29) is 0 Å². The molecule has 15 heavy (non-hydrogen) atoms. The average Bonchev–Trinajstić information content (AvgIpc) is 2.22. The van der Waals surface area contributed by atoms with Crippen LogP contribution in [0.3, 0.4) is 0 Å². The van der Waals surface area contributed by atoms with E-state index in [2.05, 4.69) is 24.2 Å². The van der Waals surface area contributed by atoms with E-state index in [9.17, 15) is 0 Å². The van der Waals surface area contributed by atoms with Crippen LogP contribution in [0.5, 0.6) is 5.75 Å². The summed E-state index contributed by atoms with van der Waals surface area (Å²) < 4.78 is 5.26. The molecule has 3 N–H and O–H groups in total. The molecule has 84 valence electrons. The quantitative estimate of drug-likeness (QED) is 0.444. The predicted octanol–water partition coefficient (Wildman–Crippen LogP) is 1.17. The van der Waals surface area contributed by atoms with E-state index >= 15 is 0 Å². The molecule has 0 aromatic heterocycles. The maximum Gasteiger partial charge on any atom is 0.122 e. The number of methoxy groups -OCH3 is 1. The fourth-order valence-electron chi connectivity index (χ4n) is 1.64. The minimum absolute atomic E-state index is 0.618. The van der Waals surface area contributed by atoms with Gasteiger partial charge in [-0.25, -0.2) is 5.43 Å². The largest absolute Gasteiger partial charge is 0.496 e. The van der Waals surface area contributed by atoms with Gasteiger partial charge in [-0.1, -0.05) is 0 Å². The molecule has 0 aliphatic carbocycles. The summed E-state index contributed by atoms with van der Waals surface area (Å²) in [4.78, 5) is 2.06. The van der Waals surface area contributed by atoms with Crippen LogP contribution in [0.2, 0.25) is 0 Å². The number of nitrogens with zero attached hydrogens (tertiary/aromatic N) is 1.